The molecule has 5 rings (SSSR count). The summed E-state index contributed by atoms with van der Waals surface area (Å²) in [6.45, 7) is 2.50. The fraction of sp³-hybridized carbons (Fsp3) is 0.304. The van der Waals surface area contributed by atoms with Crippen LogP contribution >= 0.6 is 11.6 Å². The van der Waals surface area contributed by atoms with Crippen LogP contribution in [0.4, 0.5) is 14.6 Å². The molecule has 0 atom stereocenters. The van der Waals surface area contributed by atoms with Gasteiger partial charge in [0.2, 0.25) is 5.91 Å². The van der Waals surface area contributed by atoms with E-state index in [4.69, 9.17) is 16.6 Å². The summed E-state index contributed by atoms with van der Waals surface area (Å²) in [6.07, 6.45) is 6.61. The van der Waals surface area contributed by atoms with Gasteiger partial charge in [-0.1, -0.05) is 11.6 Å². The molecule has 1 aromatic carbocycles. The van der Waals surface area contributed by atoms with Crippen molar-refractivity contribution in [1.82, 2.24) is 19.9 Å². The Morgan fingerprint density at radius 2 is 1.78 bits per heavy atom. The van der Waals surface area contributed by atoms with E-state index >= 15 is 0 Å². The predicted molar refractivity (Wildman–Crippen MR) is 117 cm³/mol. The van der Waals surface area contributed by atoms with Crippen molar-refractivity contribution >= 4 is 23.3 Å². The van der Waals surface area contributed by atoms with Crippen molar-refractivity contribution in [1.29, 1.82) is 0 Å². The second-order valence-electron chi connectivity index (χ2n) is 7.99. The van der Waals surface area contributed by atoms with Crippen molar-refractivity contribution in [3.63, 3.8) is 0 Å². The molecule has 3 aromatic rings. The van der Waals surface area contributed by atoms with Crippen LogP contribution in [-0.4, -0.2) is 51.9 Å². The minimum atomic E-state index is -0.731. The van der Waals surface area contributed by atoms with Crippen LogP contribution in [-0.2, 0) is 4.79 Å². The molecule has 0 radical (unpaired) electrons. The molecule has 0 unspecified atom stereocenters. The lowest BCUT2D eigenvalue weighted by Gasteiger charge is -2.35. The number of aromatic nitrogens is 3. The number of piperazine rings is 1. The van der Waals surface area contributed by atoms with E-state index in [9.17, 15) is 13.6 Å². The molecule has 2 fully saturated rings. The van der Waals surface area contributed by atoms with Crippen LogP contribution in [0.2, 0.25) is 5.02 Å². The monoisotopic (exact) mass is 455 g/mol. The van der Waals surface area contributed by atoms with Gasteiger partial charge < -0.3 is 9.80 Å². The van der Waals surface area contributed by atoms with Gasteiger partial charge in [-0.2, -0.15) is 0 Å². The molecule has 2 aromatic heterocycles. The molecule has 2 aliphatic rings. The summed E-state index contributed by atoms with van der Waals surface area (Å²) in [6, 6.07) is 5.03. The fourth-order valence-electron chi connectivity index (χ4n) is 3.91. The van der Waals surface area contributed by atoms with Gasteiger partial charge in [-0.15, -0.1) is 0 Å². The molecule has 32 heavy (non-hydrogen) atoms. The Kier molecular flexibility index (Phi) is 5.46. The lowest BCUT2D eigenvalue weighted by molar-refractivity contribution is -0.132. The van der Waals surface area contributed by atoms with E-state index in [2.05, 4.69) is 9.97 Å². The Hall–Kier alpha value is -3.13. The van der Waals surface area contributed by atoms with E-state index in [0.29, 0.717) is 48.3 Å². The maximum absolute atomic E-state index is 14.6. The molecule has 1 saturated heterocycles. The van der Waals surface area contributed by atoms with Crippen LogP contribution in [0.5, 0.6) is 0 Å². The van der Waals surface area contributed by atoms with E-state index < -0.39 is 11.6 Å². The van der Waals surface area contributed by atoms with Crippen molar-refractivity contribution < 1.29 is 13.6 Å². The first-order chi connectivity index (χ1) is 15.5. The van der Waals surface area contributed by atoms with Crippen LogP contribution in [0.3, 0.4) is 0 Å². The first-order valence-electron chi connectivity index (χ1n) is 10.5. The predicted octanol–water partition coefficient (Wildman–Crippen LogP) is 4.20. The smallest absolute Gasteiger partial charge is 0.225 e. The summed E-state index contributed by atoms with van der Waals surface area (Å²) >= 11 is 6.37. The Bertz CT molecular complexity index is 1180. The number of amides is 1. The molecule has 1 amide bonds. The van der Waals surface area contributed by atoms with Gasteiger partial charge in [-0.25, -0.2) is 18.7 Å². The highest BCUT2D eigenvalue weighted by Crippen LogP contribution is 2.36. The fourth-order valence-corrected chi connectivity index (χ4v) is 4.12. The van der Waals surface area contributed by atoms with Crippen LogP contribution in [0.15, 0.2) is 42.9 Å². The molecule has 0 bridgehead atoms. The summed E-state index contributed by atoms with van der Waals surface area (Å²) < 4.78 is 28.0. The van der Waals surface area contributed by atoms with Crippen molar-refractivity contribution in [2.45, 2.75) is 12.8 Å². The highest BCUT2D eigenvalue weighted by atomic mass is 35.5. The number of pyridine rings is 1. The zero-order valence-electron chi connectivity index (χ0n) is 17.1. The average molecular weight is 456 g/mol. The normalized spacial score (nSPS) is 16.3. The standard InChI is InChI=1S/C23H20ClF2N5O/c24-18-12-27-6-5-16(18)22-21(17-4-3-15(25)11-19(17)26)28-13-20(29-22)30-7-9-31(10-8-30)23(32)14-1-2-14/h3-6,11-14H,1-2,7-10H2. The van der Waals surface area contributed by atoms with Gasteiger partial charge in [-0.3, -0.25) is 9.78 Å². The molecule has 9 heteroatoms. The third kappa shape index (κ3) is 4.02. The summed E-state index contributed by atoms with van der Waals surface area (Å²) in [4.78, 5) is 29.6. The minimum Gasteiger partial charge on any atom is -0.352 e. The van der Waals surface area contributed by atoms with Crippen LogP contribution in [0, 0.1) is 17.6 Å². The maximum Gasteiger partial charge on any atom is 0.225 e. The lowest BCUT2D eigenvalue weighted by atomic mass is 10.0. The number of benzene rings is 1. The van der Waals surface area contributed by atoms with Gasteiger partial charge >= 0.3 is 0 Å². The molecular formula is C23H20ClF2N5O. The summed E-state index contributed by atoms with van der Waals surface area (Å²) in [7, 11) is 0. The molecule has 6 nitrogen and oxygen atoms in total. The molecule has 1 saturated carbocycles. The van der Waals surface area contributed by atoms with Crippen molar-refractivity contribution in [3.05, 3.63) is 59.5 Å². The Morgan fingerprint density at radius 3 is 2.47 bits per heavy atom. The van der Waals surface area contributed by atoms with Gasteiger partial charge in [0.15, 0.2) is 0 Å². The third-order valence-electron chi connectivity index (χ3n) is 5.82. The van der Waals surface area contributed by atoms with E-state index in [1.807, 2.05) is 9.80 Å². The number of halogens is 3. The summed E-state index contributed by atoms with van der Waals surface area (Å²) in [5.41, 5.74) is 1.34. The molecule has 1 aliphatic heterocycles. The second-order valence-corrected chi connectivity index (χ2v) is 8.40. The zero-order valence-corrected chi connectivity index (χ0v) is 17.9. The van der Waals surface area contributed by atoms with E-state index in [1.54, 1.807) is 18.5 Å². The van der Waals surface area contributed by atoms with Crippen LogP contribution in [0.1, 0.15) is 12.8 Å². The summed E-state index contributed by atoms with van der Waals surface area (Å²) in [5, 5.41) is 0.350. The topological polar surface area (TPSA) is 62.2 Å². The van der Waals surface area contributed by atoms with Crippen LogP contribution < -0.4 is 4.90 Å². The number of carbonyl (C=O) groups is 1. The third-order valence-corrected chi connectivity index (χ3v) is 6.12. The second kappa shape index (κ2) is 8.43. The first kappa shape index (κ1) is 20.8. The average Bonchev–Trinajstić information content (AvgIpc) is 3.65. The maximum atomic E-state index is 14.6. The van der Waals surface area contributed by atoms with Gasteiger partial charge in [0.25, 0.3) is 0 Å². The zero-order chi connectivity index (χ0) is 22.2. The van der Waals surface area contributed by atoms with E-state index in [0.717, 1.165) is 18.9 Å². The minimum absolute atomic E-state index is 0.133. The van der Waals surface area contributed by atoms with Gasteiger partial charge in [-0.05, 0) is 31.0 Å². The van der Waals surface area contributed by atoms with Gasteiger partial charge in [0, 0.05) is 61.7 Å². The number of rotatable bonds is 4. The lowest BCUT2D eigenvalue weighted by Crippen LogP contribution is -2.49. The Balaban J connectivity index is 1.50. The highest BCUT2D eigenvalue weighted by Gasteiger charge is 2.34. The molecule has 0 spiro atoms. The van der Waals surface area contributed by atoms with Gasteiger partial charge in [0.05, 0.1) is 16.9 Å². The number of nitrogens with zero attached hydrogens (tertiary/aromatic N) is 5. The largest absolute Gasteiger partial charge is 0.352 e. The number of carbonyl (C=O) groups excluding carboxylic acids is 1. The molecule has 1 aliphatic carbocycles. The number of anilines is 1. The number of hydrogen-bond donors (Lipinski definition) is 0. The SMILES string of the molecule is O=C(C1CC1)N1CCN(c2cnc(-c3ccc(F)cc3F)c(-c3ccncc3Cl)n2)CC1. The Labute approximate surface area is 188 Å². The quantitative estimate of drug-likeness (QED) is 0.590. The van der Waals surface area contributed by atoms with E-state index in [-0.39, 0.29) is 23.1 Å². The Morgan fingerprint density at radius 1 is 1.00 bits per heavy atom. The summed E-state index contributed by atoms with van der Waals surface area (Å²) in [5.74, 6) is -0.352. The van der Waals surface area contributed by atoms with Crippen molar-refractivity contribution in [3.8, 4) is 22.5 Å². The molecule has 3 heterocycles. The molecule has 0 N–H and O–H groups in total. The number of hydrogen-bond acceptors (Lipinski definition) is 5. The van der Waals surface area contributed by atoms with Gasteiger partial charge in [0.1, 0.15) is 23.1 Å². The van der Waals surface area contributed by atoms with Crippen LogP contribution in [0.25, 0.3) is 22.5 Å². The first-order valence-corrected chi connectivity index (χ1v) is 10.8. The van der Waals surface area contributed by atoms with E-state index in [1.165, 1.54) is 18.3 Å². The molecular weight excluding hydrogens is 436 g/mol. The van der Waals surface area contributed by atoms with Crippen molar-refractivity contribution in [2.24, 2.45) is 5.92 Å². The highest BCUT2D eigenvalue weighted by molar-refractivity contribution is 6.33. The molecule has 164 valence electrons. The van der Waals surface area contributed by atoms with Crippen molar-refractivity contribution in [2.75, 3.05) is 31.1 Å².